The van der Waals surface area contributed by atoms with Crippen LogP contribution in [0.15, 0.2) is 24.3 Å². The minimum Gasteiger partial charge on any atom is -0.369 e. The van der Waals surface area contributed by atoms with Crippen LogP contribution in [0.25, 0.3) is 0 Å². The third kappa shape index (κ3) is 5.19. The molecule has 20 heavy (non-hydrogen) atoms. The third-order valence-corrected chi connectivity index (χ3v) is 2.81. The number of carbonyl (C=O) groups is 3. The van der Waals surface area contributed by atoms with Crippen LogP contribution in [0.3, 0.4) is 0 Å². The average molecular weight is 277 g/mol. The Morgan fingerprint density at radius 2 is 1.45 bits per heavy atom. The van der Waals surface area contributed by atoms with Gasteiger partial charge in [0, 0.05) is 5.56 Å². The van der Waals surface area contributed by atoms with Crippen LogP contribution in [0.5, 0.6) is 0 Å². The average Bonchev–Trinajstić information content (AvgIpc) is 2.37. The molecule has 0 heterocycles. The van der Waals surface area contributed by atoms with Crippen molar-refractivity contribution in [3.63, 3.8) is 0 Å². The topological polar surface area (TPSA) is 106 Å². The molecule has 0 aliphatic rings. The van der Waals surface area contributed by atoms with Gasteiger partial charge in [0.05, 0.1) is 19.6 Å². The fourth-order valence-electron chi connectivity index (χ4n) is 1.83. The monoisotopic (exact) mass is 277 g/mol. The van der Waals surface area contributed by atoms with Gasteiger partial charge in [0.1, 0.15) is 0 Å². The summed E-state index contributed by atoms with van der Waals surface area (Å²) in [6.45, 7) is 1.60. The Hall–Kier alpha value is -2.21. The van der Waals surface area contributed by atoms with Gasteiger partial charge in [-0.1, -0.05) is 31.2 Å². The molecule has 0 spiro atoms. The second kappa shape index (κ2) is 7.40. The van der Waals surface area contributed by atoms with E-state index in [4.69, 9.17) is 11.5 Å². The van der Waals surface area contributed by atoms with Crippen LogP contribution in [-0.4, -0.2) is 42.1 Å². The number of Topliss-reactive ketones (excluding diaryl/α,β-unsaturated/α-hetero) is 1. The summed E-state index contributed by atoms with van der Waals surface area (Å²) >= 11 is 0. The molecule has 108 valence electrons. The number of amides is 2. The van der Waals surface area contributed by atoms with Crippen molar-refractivity contribution in [1.82, 2.24) is 4.90 Å². The first kappa shape index (κ1) is 15.8. The third-order valence-electron chi connectivity index (χ3n) is 2.81. The zero-order valence-corrected chi connectivity index (χ0v) is 11.5. The Morgan fingerprint density at radius 3 is 1.85 bits per heavy atom. The van der Waals surface area contributed by atoms with Crippen molar-refractivity contribution < 1.29 is 14.4 Å². The highest BCUT2D eigenvalue weighted by Crippen LogP contribution is 2.06. The van der Waals surface area contributed by atoms with Gasteiger partial charge in [-0.2, -0.15) is 0 Å². The van der Waals surface area contributed by atoms with Crippen molar-refractivity contribution in [3.05, 3.63) is 35.4 Å². The lowest BCUT2D eigenvalue weighted by Crippen LogP contribution is -2.42. The number of hydrogen-bond acceptors (Lipinski definition) is 4. The summed E-state index contributed by atoms with van der Waals surface area (Å²) in [6, 6.07) is 7.21. The van der Waals surface area contributed by atoms with Crippen molar-refractivity contribution in [2.75, 3.05) is 19.6 Å². The molecule has 4 N–H and O–H groups in total. The summed E-state index contributed by atoms with van der Waals surface area (Å²) in [5.74, 6) is -1.41. The molecular weight excluding hydrogens is 258 g/mol. The number of primary amides is 2. The molecule has 0 bridgehead atoms. The van der Waals surface area contributed by atoms with Crippen LogP contribution in [0, 0.1) is 0 Å². The SMILES string of the molecule is CCc1ccc(C(=O)CN(CC(N)=O)CC(N)=O)cc1. The zero-order chi connectivity index (χ0) is 15.1. The van der Waals surface area contributed by atoms with Gasteiger partial charge in [-0.15, -0.1) is 0 Å². The van der Waals surface area contributed by atoms with Crippen molar-refractivity contribution in [3.8, 4) is 0 Å². The quantitative estimate of drug-likeness (QED) is 0.636. The minimum absolute atomic E-state index is 0.0721. The van der Waals surface area contributed by atoms with Crippen molar-refractivity contribution >= 4 is 17.6 Å². The minimum atomic E-state index is -0.611. The van der Waals surface area contributed by atoms with Crippen LogP contribution in [0.4, 0.5) is 0 Å². The second-order valence-corrected chi connectivity index (χ2v) is 4.55. The Morgan fingerprint density at radius 1 is 0.950 bits per heavy atom. The van der Waals surface area contributed by atoms with E-state index in [1.54, 1.807) is 12.1 Å². The van der Waals surface area contributed by atoms with Crippen molar-refractivity contribution in [2.45, 2.75) is 13.3 Å². The lowest BCUT2D eigenvalue weighted by Gasteiger charge is -2.17. The standard InChI is InChI=1S/C14H19N3O3/c1-2-10-3-5-11(6-4-10)12(18)7-17(8-13(15)19)9-14(16)20/h3-6H,2,7-9H2,1H3,(H2,15,19)(H2,16,20). The van der Waals surface area contributed by atoms with Crippen LogP contribution >= 0.6 is 0 Å². The molecule has 1 rings (SSSR count). The smallest absolute Gasteiger partial charge is 0.231 e. The van der Waals surface area contributed by atoms with Crippen LogP contribution in [-0.2, 0) is 16.0 Å². The highest BCUT2D eigenvalue weighted by Gasteiger charge is 2.16. The van der Waals surface area contributed by atoms with E-state index >= 15 is 0 Å². The summed E-state index contributed by atoms with van der Waals surface area (Å²) in [6.07, 6.45) is 0.893. The summed E-state index contributed by atoms with van der Waals surface area (Å²) in [7, 11) is 0. The number of benzene rings is 1. The maximum Gasteiger partial charge on any atom is 0.231 e. The highest BCUT2D eigenvalue weighted by atomic mass is 16.2. The number of nitrogens with two attached hydrogens (primary N) is 2. The van der Waals surface area contributed by atoms with E-state index in [-0.39, 0.29) is 25.4 Å². The van der Waals surface area contributed by atoms with E-state index in [2.05, 4.69) is 0 Å². The number of aryl methyl sites for hydroxylation is 1. The first-order chi connectivity index (χ1) is 9.42. The Kier molecular flexibility index (Phi) is 5.86. The molecule has 0 saturated heterocycles. The van der Waals surface area contributed by atoms with Gasteiger partial charge in [0.15, 0.2) is 5.78 Å². The Labute approximate surface area is 117 Å². The molecule has 0 atom stereocenters. The van der Waals surface area contributed by atoms with E-state index in [1.165, 1.54) is 4.90 Å². The van der Waals surface area contributed by atoms with E-state index in [0.717, 1.165) is 12.0 Å². The van der Waals surface area contributed by atoms with Gasteiger partial charge in [-0.25, -0.2) is 0 Å². The van der Waals surface area contributed by atoms with Gasteiger partial charge >= 0.3 is 0 Å². The summed E-state index contributed by atoms with van der Waals surface area (Å²) < 4.78 is 0. The first-order valence-electron chi connectivity index (χ1n) is 6.33. The Balaban J connectivity index is 2.72. The molecule has 6 nitrogen and oxygen atoms in total. The van der Waals surface area contributed by atoms with Gasteiger partial charge in [-0.3, -0.25) is 19.3 Å². The number of rotatable bonds is 8. The lowest BCUT2D eigenvalue weighted by atomic mass is 10.1. The molecule has 0 radical (unpaired) electrons. The number of hydrogen-bond donors (Lipinski definition) is 2. The maximum atomic E-state index is 12.1. The van der Waals surface area contributed by atoms with E-state index < -0.39 is 11.8 Å². The molecule has 0 aliphatic heterocycles. The normalized spacial score (nSPS) is 10.5. The molecule has 0 aromatic heterocycles. The van der Waals surface area contributed by atoms with E-state index in [1.807, 2.05) is 19.1 Å². The molecule has 1 aromatic carbocycles. The fourth-order valence-corrected chi connectivity index (χ4v) is 1.83. The predicted molar refractivity (Wildman–Crippen MR) is 75.0 cm³/mol. The largest absolute Gasteiger partial charge is 0.369 e. The second-order valence-electron chi connectivity index (χ2n) is 4.55. The summed E-state index contributed by atoms with van der Waals surface area (Å²) in [5.41, 5.74) is 11.8. The van der Waals surface area contributed by atoms with E-state index in [9.17, 15) is 14.4 Å². The summed E-state index contributed by atoms with van der Waals surface area (Å²) in [4.78, 5) is 35.2. The Bertz CT molecular complexity index is 481. The van der Waals surface area contributed by atoms with Gasteiger partial charge in [0.25, 0.3) is 0 Å². The predicted octanol–water partition coefficient (Wildman–Crippen LogP) is -0.296. The van der Waals surface area contributed by atoms with Gasteiger partial charge in [-0.05, 0) is 12.0 Å². The van der Waals surface area contributed by atoms with Crippen LogP contribution in [0.1, 0.15) is 22.8 Å². The fraction of sp³-hybridized carbons (Fsp3) is 0.357. The molecule has 2 amide bonds. The highest BCUT2D eigenvalue weighted by molar-refractivity contribution is 5.98. The molecule has 0 unspecified atom stereocenters. The molecule has 0 fully saturated rings. The van der Waals surface area contributed by atoms with Crippen LogP contribution in [0.2, 0.25) is 0 Å². The van der Waals surface area contributed by atoms with E-state index in [0.29, 0.717) is 5.56 Å². The molecule has 1 aromatic rings. The number of carbonyl (C=O) groups excluding carboxylic acids is 3. The summed E-state index contributed by atoms with van der Waals surface area (Å²) in [5, 5.41) is 0. The number of ketones is 1. The van der Waals surface area contributed by atoms with Gasteiger partial charge in [0.2, 0.25) is 11.8 Å². The molecule has 6 heteroatoms. The van der Waals surface area contributed by atoms with Crippen LogP contribution < -0.4 is 11.5 Å². The molecule has 0 aliphatic carbocycles. The number of nitrogens with zero attached hydrogens (tertiary/aromatic N) is 1. The maximum absolute atomic E-state index is 12.1. The van der Waals surface area contributed by atoms with Crippen molar-refractivity contribution in [2.24, 2.45) is 11.5 Å². The molecular formula is C14H19N3O3. The lowest BCUT2D eigenvalue weighted by molar-refractivity contribution is -0.121. The first-order valence-corrected chi connectivity index (χ1v) is 6.33. The molecule has 0 saturated carbocycles. The van der Waals surface area contributed by atoms with Gasteiger partial charge < -0.3 is 11.5 Å². The zero-order valence-electron chi connectivity index (χ0n) is 11.5. The van der Waals surface area contributed by atoms with Crippen molar-refractivity contribution in [1.29, 1.82) is 0 Å².